The van der Waals surface area contributed by atoms with Crippen molar-refractivity contribution in [3.8, 4) is 11.5 Å². The van der Waals surface area contributed by atoms with Crippen LogP contribution < -0.4 is 20.1 Å². The third-order valence-corrected chi connectivity index (χ3v) is 7.00. The third kappa shape index (κ3) is 6.07. The molecule has 2 N–H and O–H groups in total. The Hall–Kier alpha value is -3.11. The lowest BCUT2D eigenvalue weighted by atomic mass is 10.1. The van der Waals surface area contributed by atoms with Gasteiger partial charge in [0, 0.05) is 32.1 Å². The fraction of sp³-hybridized carbons (Fsp3) is 0.593. The van der Waals surface area contributed by atoms with Gasteiger partial charge in [0.05, 0.1) is 31.0 Å². The second kappa shape index (κ2) is 12.4. The van der Waals surface area contributed by atoms with Gasteiger partial charge in [0.1, 0.15) is 0 Å². The van der Waals surface area contributed by atoms with E-state index in [1.165, 1.54) is 7.11 Å². The zero-order valence-corrected chi connectivity index (χ0v) is 21.5. The van der Waals surface area contributed by atoms with Crippen LogP contribution in [0.2, 0.25) is 0 Å². The van der Waals surface area contributed by atoms with E-state index < -0.39 is 18.4 Å². The van der Waals surface area contributed by atoms with Crippen molar-refractivity contribution in [1.29, 1.82) is 0 Å². The lowest BCUT2D eigenvalue weighted by Crippen LogP contribution is -2.54. The summed E-state index contributed by atoms with van der Waals surface area (Å²) in [6.07, 6.45) is 6.09. The minimum absolute atomic E-state index is 0.173. The summed E-state index contributed by atoms with van der Waals surface area (Å²) in [7, 11) is 1.50. The van der Waals surface area contributed by atoms with Gasteiger partial charge in [-0.25, -0.2) is 0 Å². The average molecular weight is 516 g/mol. The molecular weight excluding hydrogens is 478 g/mol. The molecule has 3 atom stereocenters. The third-order valence-electron chi connectivity index (χ3n) is 7.00. The second-order valence-electron chi connectivity index (χ2n) is 9.56. The van der Waals surface area contributed by atoms with Crippen molar-refractivity contribution in [2.75, 3.05) is 31.8 Å². The monoisotopic (exact) mass is 515 g/mol. The number of methoxy groups -OCH3 is 1. The molecule has 202 valence electrons. The molecule has 1 aromatic rings. The first-order valence-corrected chi connectivity index (χ1v) is 13.1. The van der Waals surface area contributed by atoms with E-state index in [9.17, 15) is 14.4 Å². The summed E-state index contributed by atoms with van der Waals surface area (Å²) in [4.78, 5) is 42.1. The molecule has 1 aromatic carbocycles. The van der Waals surface area contributed by atoms with Crippen LogP contribution in [-0.4, -0.2) is 68.0 Å². The Morgan fingerprint density at radius 3 is 2.73 bits per heavy atom. The minimum Gasteiger partial charge on any atom is -0.493 e. The van der Waals surface area contributed by atoms with Crippen molar-refractivity contribution in [2.24, 2.45) is 5.73 Å². The maximum atomic E-state index is 13.8. The van der Waals surface area contributed by atoms with Gasteiger partial charge in [-0.1, -0.05) is 6.08 Å². The normalized spacial score (nSPS) is 23.2. The number of amides is 3. The van der Waals surface area contributed by atoms with Gasteiger partial charge < -0.3 is 29.6 Å². The van der Waals surface area contributed by atoms with Gasteiger partial charge in [-0.15, -0.1) is 6.58 Å². The first-order chi connectivity index (χ1) is 17.9. The van der Waals surface area contributed by atoms with Crippen LogP contribution in [0.4, 0.5) is 5.69 Å². The van der Waals surface area contributed by atoms with E-state index in [2.05, 4.69) is 6.58 Å². The number of hydrogen-bond acceptors (Lipinski definition) is 7. The molecule has 3 aliphatic rings. The summed E-state index contributed by atoms with van der Waals surface area (Å²) in [6, 6.07) is 3.00. The van der Waals surface area contributed by atoms with E-state index in [0.717, 1.165) is 32.1 Å². The van der Waals surface area contributed by atoms with Crippen LogP contribution in [0.3, 0.4) is 0 Å². The van der Waals surface area contributed by atoms with Crippen molar-refractivity contribution in [3.05, 3.63) is 30.4 Å². The van der Waals surface area contributed by atoms with Gasteiger partial charge >= 0.3 is 0 Å². The maximum Gasteiger partial charge on any atom is 0.256 e. The zero-order valence-electron chi connectivity index (χ0n) is 21.5. The smallest absolute Gasteiger partial charge is 0.256 e. The molecule has 3 aliphatic heterocycles. The highest BCUT2D eigenvalue weighted by atomic mass is 16.7. The van der Waals surface area contributed by atoms with Gasteiger partial charge in [-0.3, -0.25) is 19.3 Å². The minimum atomic E-state index is -0.704. The maximum absolute atomic E-state index is 13.8. The van der Waals surface area contributed by atoms with Gasteiger partial charge in [0.15, 0.2) is 24.0 Å². The molecule has 4 rings (SSSR count). The molecule has 2 fully saturated rings. The molecule has 2 saturated heterocycles. The first kappa shape index (κ1) is 26.9. The topological polar surface area (TPSA) is 121 Å². The van der Waals surface area contributed by atoms with Crippen molar-refractivity contribution in [1.82, 2.24) is 4.90 Å². The molecule has 3 amide bonds. The lowest BCUT2D eigenvalue weighted by Gasteiger charge is -2.38. The number of carbonyl (C=O) groups excluding carboxylic acids is 3. The van der Waals surface area contributed by atoms with Gasteiger partial charge in [-0.2, -0.15) is 0 Å². The molecule has 3 heterocycles. The average Bonchev–Trinajstić information content (AvgIpc) is 3.36. The van der Waals surface area contributed by atoms with E-state index in [1.54, 1.807) is 28.0 Å². The van der Waals surface area contributed by atoms with Crippen LogP contribution in [-0.2, 0) is 19.1 Å². The van der Waals surface area contributed by atoms with Crippen LogP contribution in [0.1, 0.15) is 68.1 Å². The van der Waals surface area contributed by atoms with E-state index in [1.807, 2.05) is 0 Å². The fourth-order valence-corrected chi connectivity index (χ4v) is 5.17. The van der Waals surface area contributed by atoms with Crippen molar-refractivity contribution in [2.45, 2.75) is 76.3 Å². The predicted octanol–water partition coefficient (Wildman–Crippen LogP) is 3.13. The van der Waals surface area contributed by atoms with Gasteiger partial charge in [0.25, 0.3) is 5.91 Å². The van der Waals surface area contributed by atoms with Crippen molar-refractivity contribution < 1.29 is 33.3 Å². The van der Waals surface area contributed by atoms with Gasteiger partial charge in [-0.05, 0) is 51.0 Å². The van der Waals surface area contributed by atoms with Crippen LogP contribution in [0, 0.1) is 0 Å². The number of anilines is 1. The quantitative estimate of drug-likeness (QED) is 0.355. The van der Waals surface area contributed by atoms with Crippen molar-refractivity contribution >= 4 is 23.4 Å². The summed E-state index contributed by atoms with van der Waals surface area (Å²) < 4.78 is 23.9. The molecule has 0 aliphatic carbocycles. The fourth-order valence-electron chi connectivity index (χ4n) is 5.17. The SMILES string of the molecule is C=CCCC(=O)N1c2cc(OCCCC(N)=O)c(OC)cc2C(=O)N2CCCC2C1OC1CCCCO1. The van der Waals surface area contributed by atoms with Crippen LogP contribution in [0.5, 0.6) is 11.5 Å². The Kier molecular flexibility index (Phi) is 9.04. The molecule has 0 radical (unpaired) electrons. The highest BCUT2D eigenvalue weighted by Crippen LogP contribution is 2.42. The molecular formula is C27H37N3O7. The largest absolute Gasteiger partial charge is 0.493 e. The van der Waals surface area contributed by atoms with E-state index >= 15 is 0 Å². The Bertz CT molecular complexity index is 1010. The first-order valence-electron chi connectivity index (χ1n) is 13.1. The zero-order chi connectivity index (χ0) is 26.4. The van der Waals surface area contributed by atoms with E-state index in [0.29, 0.717) is 48.7 Å². The van der Waals surface area contributed by atoms with Gasteiger partial charge in [0.2, 0.25) is 11.8 Å². The summed E-state index contributed by atoms with van der Waals surface area (Å²) >= 11 is 0. The lowest BCUT2D eigenvalue weighted by molar-refractivity contribution is -0.197. The number of nitrogens with zero attached hydrogens (tertiary/aromatic N) is 2. The summed E-state index contributed by atoms with van der Waals surface area (Å²) in [5, 5.41) is 0. The van der Waals surface area contributed by atoms with Crippen LogP contribution >= 0.6 is 0 Å². The molecule has 0 aromatic heterocycles. The Morgan fingerprint density at radius 1 is 1.19 bits per heavy atom. The molecule has 0 spiro atoms. The summed E-state index contributed by atoms with van der Waals surface area (Å²) in [5.74, 6) is -0.0145. The molecule has 0 saturated carbocycles. The molecule has 37 heavy (non-hydrogen) atoms. The number of fused-ring (bicyclic) bond motifs is 2. The molecule has 3 unspecified atom stereocenters. The number of carbonyl (C=O) groups is 3. The number of benzene rings is 1. The Labute approximate surface area is 217 Å². The Balaban J connectivity index is 1.76. The predicted molar refractivity (Wildman–Crippen MR) is 136 cm³/mol. The van der Waals surface area contributed by atoms with E-state index in [4.69, 9.17) is 24.7 Å². The number of hydrogen-bond donors (Lipinski definition) is 1. The number of nitrogens with two attached hydrogens (primary N) is 1. The number of allylic oxidation sites excluding steroid dienone is 1. The highest BCUT2D eigenvalue weighted by Gasteiger charge is 2.47. The number of primary amides is 1. The second-order valence-corrected chi connectivity index (χ2v) is 9.56. The van der Waals surface area contributed by atoms with E-state index in [-0.39, 0.29) is 37.3 Å². The summed E-state index contributed by atoms with van der Waals surface area (Å²) in [6.45, 7) is 5.16. The van der Waals surface area contributed by atoms with Crippen molar-refractivity contribution in [3.63, 3.8) is 0 Å². The van der Waals surface area contributed by atoms with Crippen LogP contribution in [0.15, 0.2) is 24.8 Å². The highest BCUT2D eigenvalue weighted by molar-refractivity contribution is 6.07. The van der Waals surface area contributed by atoms with Crippen LogP contribution in [0.25, 0.3) is 0 Å². The molecule has 0 bridgehead atoms. The standard InChI is InChI=1S/C27H37N3O7/c1-3-4-11-24(32)30-20-17-22(35-15-8-10-23(28)31)21(34-2)16-18(20)26(33)29-13-7-9-19(29)27(30)37-25-12-5-6-14-36-25/h3,16-17,19,25,27H,1,4-15H2,2H3,(H2,28,31). The number of ether oxygens (including phenoxy) is 4. The molecule has 10 heteroatoms. The number of rotatable bonds is 11. The Morgan fingerprint density at radius 2 is 2.03 bits per heavy atom. The summed E-state index contributed by atoms with van der Waals surface area (Å²) in [5.41, 5.74) is 6.02. The molecule has 10 nitrogen and oxygen atoms in total.